The van der Waals surface area contributed by atoms with Crippen LogP contribution < -0.4 is 18.9 Å². The zero-order valence-electron chi connectivity index (χ0n) is 7.39. The van der Waals surface area contributed by atoms with Gasteiger partial charge in [-0.3, -0.25) is 0 Å². The predicted octanol–water partition coefficient (Wildman–Crippen LogP) is -0.724. The fraction of sp³-hybridized carbons (Fsp3) is 1.00. The summed E-state index contributed by atoms with van der Waals surface area (Å²) in [5.41, 5.74) is 0. The van der Waals surface area contributed by atoms with E-state index in [-0.39, 0.29) is 20.3 Å². The van der Waals surface area contributed by atoms with Crippen molar-refractivity contribution in [1.29, 1.82) is 0 Å². The van der Waals surface area contributed by atoms with Gasteiger partial charge >= 0.3 is 39.4 Å². The van der Waals surface area contributed by atoms with Gasteiger partial charge in [-0.2, -0.15) is 9.05 Å². The van der Waals surface area contributed by atoms with Gasteiger partial charge in [0.15, 0.2) is 0 Å². The molecule has 0 aromatic rings. The molecule has 82 valence electrons. The molecule has 12 heteroatoms. The van der Waals surface area contributed by atoms with Gasteiger partial charge in [0.05, 0.1) is 0 Å². The molecule has 0 heterocycles. The summed E-state index contributed by atoms with van der Waals surface area (Å²) in [6.07, 6.45) is -11.4. The summed E-state index contributed by atoms with van der Waals surface area (Å²) in [5.74, 6) is 0. The van der Waals surface area contributed by atoms with Crippen molar-refractivity contribution < 1.29 is 65.1 Å². The van der Waals surface area contributed by atoms with Crippen LogP contribution in [0.4, 0.5) is 26.3 Å². The van der Waals surface area contributed by atoms with Gasteiger partial charge in [-0.05, 0) is 0 Å². The maximum absolute atomic E-state index is 11.1. The second-order valence-electron chi connectivity index (χ2n) is 1.54. The van der Waals surface area contributed by atoms with Gasteiger partial charge in [-0.15, -0.1) is 26.3 Å². The normalized spacial score (nSPS) is 13.6. The number of alkyl halides is 6. The molecule has 0 atom stereocenters. The maximum atomic E-state index is 11.1. The van der Waals surface area contributed by atoms with E-state index in [1.807, 2.05) is 0 Å². The first-order valence-corrected chi connectivity index (χ1v) is 3.79. The third kappa shape index (κ3) is 10.4. The first-order valence-electron chi connectivity index (χ1n) is 2.29. The maximum Gasteiger partial charge on any atom is 1.00 e. The van der Waals surface area contributed by atoms with E-state index in [4.69, 9.17) is 4.89 Å². The molecule has 0 saturated heterocycles. The van der Waals surface area contributed by atoms with Gasteiger partial charge in [0.1, 0.15) is 0 Å². The molecule has 4 nitrogen and oxygen atoms in total. The molecular formula is C2H2F6LiO4P. The average Bonchev–Trinajstić information content (AvgIpc) is 1.43. The SMILES string of the molecule is O=P(O)(OC(F)(F)F)OC(F)(F)F.[H-].[Li+]. The summed E-state index contributed by atoms with van der Waals surface area (Å²) in [6.45, 7) is 0. The second kappa shape index (κ2) is 4.87. The van der Waals surface area contributed by atoms with Gasteiger partial charge in [-0.1, -0.05) is 0 Å². The first-order chi connectivity index (χ1) is 5.41. The van der Waals surface area contributed by atoms with E-state index in [2.05, 4.69) is 9.05 Å². The predicted molar refractivity (Wildman–Crippen MR) is 25.2 cm³/mol. The van der Waals surface area contributed by atoms with Crippen LogP contribution >= 0.6 is 7.82 Å². The monoisotopic (exact) mass is 242 g/mol. The van der Waals surface area contributed by atoms with Crippen LogP contribution in [0.15, 0.2) is 0 Å². The fourth-order valence-corrected chi connectivity index (χ4v) is 0.841. The molecule has 0 bridgehead atoms. The Morgan fingerprint density at radius 3 is 1.36 bits per heavy atom. The van der Waals surface area contributed by atoms with E-state index in [1.165, 1.54) is 0 Å². The second-order valence-corrected chi connectivity index (χ2v) is 2.84. The number of phosphoric acid groups is 1. The quantitative estimate of drug-likeness (QED) is 0.394. The van der Waals surface area contributed by atoms with Crippen molar-refractivity contribution >= 4 is 7.82 Å². The van der Waals surface area contributed by atoms with Crippen LogP contribution in [0.2, 0.25) is 0 Å². The summed E-state index contributed by atoms with van der Waals surface area (Å²) in [4.78, 5) is 7.86. The average molecular weight is 242 g/mol. The number of rotatable bonds is 2. The molecule has 1 N–H and O–H groups in total. The van der Waals surface area contributed by atoms with Crippen LogP contribution in [0.25, 0.3) is 0 Å². The molecule has 0 aliphatic carbocycles. The fourth-order valence-electron chi connectivity index (χ4n) is 0.280. The van der Waals surface area contributed by atoms with Gasteiger partial charge in [0.25, 0.3) is 0 Å². The zero-order chi connectivity index (χ0) is 10.9. The van der Waals surface area contributed by atoms with E-state index in [0.717, 1.165) is 0 Å². The van der Waals surface area contributed by atoms with E-state index < -0.39 is 20.5 Å². The van der Waals surface area contributed by atoms with Gasteiger partial charge in [0, 0.05) is 0 Å². The first kappa shape index (κ1) is 16.7. The van der Waals surface area contributed by atoms with E-state index >= 15 is 0 Å². The van der Waals surface area contributed by atoms with E-state index in [1.54, 1.807) is 0 Å². The number of hydrogen-bond acceptors (Lipinski definition) is 3. The van der Waals surface area contributed by atoms with Crippen LogP contribution in [-0.4, -0.2) is 17.6 Å². The van der Waals surface area contributed by atoms with E-state index in [0.29, 0.717) is 0 Å². The van der Waals surface area contributed by atoms with Crippen molar-refractivity contribution in [3.63, 3.8) is 0 Å². The van der Waals surface area contributed by atoms with Crippen molar-refractivity contribution in [2.24, 2.45) is 0 Å². The van der Waals surface area contributed by atoms with Crippen LogP contribution in [0.3, 0.4) is 0 Å². The number of phosphoric ester groups is 1. The Hall–Kier alpha value is 0.287. The minimum atomic E-state index is -6.19. The molecule has 0 aliphatic rings. The Morgan fingerprint density at radius 1 is 1.00 bits per heavy atom. The molecule has 0 fully saturated rings. The molecule has 0 unspecified atom stereocenters. The van der Waals surface area contributed by atoms with Crippen molar-refractivity contribution in [3.05, 3.63) is 0 Å². The Kier molecular flexibility index (Phi) is 5.82. The largest absolute Gasteiger partial charge is 1.00 e. The Bertz CT molecular complexity index is 208. The molecule has 14 heavy (non-hydrogen) atoms. The summed E-state index contributed by atoms with van der Waals surface area (Å²) < 4.78 is 81.0. The Labute approximate surface area is 86.5 Å². The third-order valence-electron chi connectivity index (χ3n) is 0.438. The summed E-state index contributed by atoms with van der Waals surface area (Å²) in [7, 11) is -6.19. The van der Waals surface area contributed by atoms with Crippen molar-refractivity contribution in [1.82, 2.24) is 0 Å². The molecular weight excluding hydrogens is 240 g/mol. The van der Waals surface area contributed by atoms with Gasteiger partial charge in [0.2, 0.25) is 0 Å². The Morgan fingerprint density at radius 2 is 1.21 bits per heavy atom. The third-order valence-corrected chi connectivity index (χ3v) is 1.31. The minimum absolute atomic E-state index is 0. The molecule has 0 aliphatic heterocycles. The van der Waals surface area contributed by atoms with Crippen molar-refractivity contribution in [3.8, 4) is 0 Å². The summed E-state index contributed by atoms with van der Waals surface area (Å²) in [6, 6.07) is 0. The molecule has 0 rings (SSSR count). The Balaban J connectivity index is -0.000000720. The molecule has 0 aromatic carbocycles. The smallest absolute Gasteiger partial charge is 1.00 e. The van der Waals surface area contributed by atoms with Crippen LogP contribution in [-0.2, 0) is 13.6 Å². The number of hydrogen-bond donors (Lipinski definition) is 1. The van der Waals surface area contributed by atoms with Crippen molar-refractivity contribution in [2.45, 2.75) is 12.7 Å². The van der Waals surface area contributed by atoms with Gasteiger partial charge < -0.3 is 6.32 Å². The van der Waals surface area contributed by atoms with Crippen LogP contribution in [0, 0.1) is 0 Å². The molecule has 0 spiro atoms. The number of halogens is 6. The van der Waals surface area contributed by atoms with Crippen LogP contribution in [0.1, 0.15) is 1.43 Å². The van der Waals surface area contributed by atoms with E-state index in [9.17, 15) is 30.9 Å². The zero-order valence-corrected chi connectivity index (χ0v) is 7.28. The molecule has 0 saturated carbocycles. The van der Waals surface area contributed by atoms with Gasteiger partial charge in [-0.25, -0.2) is 4.57 Å². The molecule has 0 amide bonds. The van der Waals surface area contributed by atoms with Crippen molar-refractivity contribution in [2.75, 3.05) is 0 Å². The summed E-state index contributed by atoms with van der Waals surface area (Å²) in [5, 5.41) is 0. The van der Waals surface area contributed by atoms with Crippen LogP contribution in [0.5, 0.6) is 0 Å². The summed E-state index contributed by atoms with van der Waals surface area (Å²) >= 11 is 0. The minimum Gasteiger partial charge on any atom is -1.00 e. The topological polar surface area (TPSA) is 55.8 Å². The molecule has 0 radical (unpaired) electrons. The molecule has 0 aromatic heterocycles. The standard InChI is InChI=1S/C2HF6O4P.Li.H/c3-1(4,5)11-13(9,10)12-2(6,7)8;;/h(H,9,10);;/q;+1;-1.